The van der Waals surface area contributed by atoms with Crippen LogP contribution in [0.15, 0.2) is 210 Å². The molecule has 0 radical (unpaired) electrons. The van der Waals surface area contributed by atoms with Crippen LogP contribution in [0.3, 0.4) is 0 Å². The van der Waals surface area contributed by atoms with E-state index in [0.29, 0.717) is 5.56 Å². The summed E-state index contributed by atoms with van der Waals surface area (Å²) in [5.41, 5.74) is 14.7. The maximum Gasteiger partial charge on any atom is 0.0991 e. The van der Waals surface area contributed by atoms with E-state index >= 15 is 0 Å². The molecule has 1 aliphatic carbocycles. The lowest BCUT2D eigenvalue weighted by Gasteiger charge is -2.16. The van der Waals surface area contributed by atoms with Gasteiger partial charge >= 0.3 is 0 Å². The first-order valence-corrected chi connectivity index (χ1v) is 18.7. The second kappa shape index (κ2) is 21.0. The van der Waals surface area contributed by atoms with Crippen LogP contribution in [-0.2, 0) is 6.42 Å². The van der Waals surface area contributed by atoms with Gasteiger partial charge in [-0.15, -0.1) is 30.5 Å². The van der Waals surface area contributed by atoms with Crippen LogP contribution in [0, 0.1) is 11.3 Å². The van der Waals surface area contributed by atoms with Crippen LogP contribution in [-0.4, -0.2) is 0 Å². The molecule has 0 saturated carbocycles. The van der Waals surface area contributed by atoms with Gasteiger partial charge in [-0.3, -0.25) is 0 Å². The number of nitriles is 1. The predicted molar refractivity (Wildman–Crippen MR) is 236 cm³/mol. The molecule has 0 amide bonds. The van der Waals surface area contributed by atoms with Crippen LogP contribution < -0.4 is 15.5 Å². The zero-order valence-electron chi connectivity index (χ0n) is 30.5. The molecule has 53 heavy (non-hydrogen) atoms. The van der Waals surface area contributed by atoms with Crippen LogP contribution in [0.1, 0.15) is 36.6 Å². The van der Waals surface area contributed by atoms with E-state index in [1.807, 2.05) is 80.6 Å². The van der Waals surface area contributed by atoms with E-state index < -0.39 is 0 Å². The van der Waals surface area contributed by atoms with Gasteiger partial charge in [-0.2, -0.15) is 5.26 Å². The van der Waals surface area contributed by atoms with Gasteiger partial charge in [0.1, 0.15) is 0 Å². The summed E-state index contributed by atoms with van der Waals surface area (Å²) in [6.07, 6.45) is 31.7. The quantitative estimate of drug-likeness (QED) is 0.0971. The lowest BCUT2D eigenvalue weighted by molar-refractivity contribution is 0.869. The van der Waals surface area contributed by atoms with Crippen molar-refractivity contribution < 1.29 is 0 Å². The van der Waals surface area contributed by atoms with Crippen molar-refractivity contribution in [2.45, 2.75) is 26.3 Å². The SMILES string of the molecule is C=C/C=C\C(C(=C)/C=C(\C=C/C)C1=C/C=C/C=c2\c(sc3ccccc23)=C/C=C/C(C(N)c2ccccc2)=C\1)=C(/C)S.C=CCc1ccc(C#N)cc1. The van der Waals surface area contributed by atoms with Gasteiger partial charge in [0.2, 0.25) is 0 Å². The lowest BCUT2D eigenvalue weighted by atomic mass is 9.92. The largest absolute Gasteiger partial charge is 0.320 e. The minimum atomic E-state index is -0.305. The van der Waals surface area contributed by atoms with Crippen LogP contribution in [0.4, 0.5) is 0 Å². The molecule has 1 atom stereocenters. The molecule has 0 aliphatic heterocycles. The summed E-state index contributed by atoms with van der Waals surface area (Å²) in [6, 6.07) is 28.1. The second-order valence-electron chi connectivity index (χ2n) is 12.1. The molecule has 1 unspecified atom stereocenters. The minimum absolute atomic E-state index is 0.305. The van der Waals surface area contributed by atoms with Crippen molar-refractivity contribution in [3.05, 3.63) is 237 Å². The van der Waals surface area contributed by atoms with Crippen molar-refractivity contribution in [3.63, 3.8) is 0 Å². The second-order valence-corrected chi connectivity index (χ2v) is 13.9. The minimum Gasteiger partial charge on any atom is -0.320 e. The molecule has 4 heteroatoms. The third-order valence-electron chi connectivity index (χ3n) is 8.30. The summed E-state index contributed by atoms with van der Waals surface area (Å²) in [5.74, 6) is 0. The van der Waals surface area contributed by atoms with Gasteiger partial charge in [0.15, 0.2) is 0 Å². The van der Waals surface area contributed by atoms with Gasteiger partial charge in [-0.25, -0.2) is 0 Å². The molecule has 4 aromatic rings. The summed E-state index contributed by atoms with van der Waals surface area (Å²) in [4.78, 5) is 0.885. The van der Waals surface area contributed by atoms with E-state index in [2.05, 4.69) is 136 Å². The van der Waals surface area contributed by atoms with Crippen molar-refractivity contribution in [2.75, 3.05) is 0 Å². The number of fused-ring (bicyclic) bond motifs is 3. The van der Waals surface area contributed by atoms with Gasteiger partial charge in [-0.1, -0.05) is 147 Å². The molecule has 0 bridgehead atoms. The molecule has 0 saturated heterocycles. The Hall–Kier alpha value is -5.70. The highest BCUT2D eigenvalue weighted by molar-refractivity contribution is 7.84. The molecule has 264 valence electrons. The number of rotatable bonds is 10. The van der Waals surface area contributed by atoms with Gasteiger partial charge in [0.25, 0.3) is 0 Å². The Balaban J connectivity index is 0.000000488. The number of thiophene rings is 1. The summed E-state index contributed by atoms with van der Waals surface area (Å²) in [6.45, 7) is 15.8. The highest BCUT2D eigenvalue weighted by Gasteiger charge is 2.12. The van der Waals surface area contributed by atoms with Crippen LogP contribution >= 0.6 is 24.0 Å². The molecular weight excluding hydrogens is 681 g/mol. The fraction of sp³-hybridized carbons (Fsp3) is 0.0816. The Morgan fingerprint density at radius 2 is 1.64 bits per heavy atom. The van der Waals surface area contributed by atoms with Crippen molar-refractivity contribution in [1.82, 2.24) is 0 Å². The van der Waals surface area contributed by atoms with E-state index in [-0.39, 0.29) is 6.04 Å². The van der Waals surface area contributed by atoms with E-state index in [9.17, 15) is 0 Å². The van der Waals surface area contributed by atoms with E-state index in [4.69, 9.17) is 11.0 Å². The van der Waals surface area contributed by atoms with Gasteiger partial charge in [0, 0.05) is 19.8 Å². The van der Waals surface area contributed by atoms with Gasteiger partial charge < -0.3 is 5.73 Å². The smallest absolute Gasteiger partial charge is 0.0991 e. The number of thiol groups is 1. The maximum atomic E-state index is 8.49. The normalized spacial score (nSPS) is 18.6. The Labute approximate surface area is 324 Å². The highest BCUT2D eigenvalue weighted by Crippen LogP contribution is 2.28. The lowest BCUT2D eigenvalue weighted by Crippen LogP contribution is -2.17. The standard InChI is InChI=1S/C39H37NS2.C10H9N/c1-5-7-21-34(29(4)41)28(3)26-31(16-6-2)32-19-11-12-22-36-35-23-13-14-24-37(35)42-38(36)25-15-20-33(27-32)39(40)30-17-9-8-10-18-30;1-2-3-9-4-6-10(8-11)7-5-9/h5-27,39,41H,1,3,40H2,2,4H3;2,4-7H,1,3H2/b12-11+,16-6-,19-11?,20-15+,21-7-,22-12?,25-15?,31-26+,32-19+,32-27?,33-20?,33-27+,34-29-,36-22-,38-25+;. The molecule has 0 fully saturated rings. The van der Waals surface area contributed by atoms with Crippen molar-refractivity contribution >= 4 is 46.2 Å². The molecule has 1 aliphatic rings. The highest BCUT2D eigenvalue weighted by atomic mass is 32.1. The van der Waals surface area contributed by atoms with E-state index in [1.54, 1.807) is 17.4 Å². The maximum absolute atomic E-state index is 8.49. The number of nitrogens with zero attached hydrogens (tertiary/aromatic N) is 1. The van der Waals surface area contributed by atoms with Crippen LogP contribution in [0.5, 0.6) is 0 Å². The van der Waals surface area contributed by atoms with Crippen molar-refractivity contribution in [3.8, 4) is 6.07 Å². The molecule has 0 spiro atoms. The zero-order chi connectivity index (χ0) is 38.0. The van der Waals surface area contributed by atoms with E-state index in [1.165, 1.54) is 25.4 Å². The Morgan fingerprint density at radius 3 is 2.32 bits per heavy atom. The summed E-state index contributed by atoms with van der Waals surface area (Å²) < 4.78 is 2.49. The van der Waals surface area contributed by atoms with Crippen LogP contribution in [0.2, 0.25) is 0 Å². The Bertz CT molecular complexity index is 2340. The molecule has 2 nitrogen and oxygen atoms in total. The average Bonchev–Trinajstić information content (AvgIpc) is 3.52. The first-order valence-electron chi connectivity index (χ1n) is 17.4. The topological polar surface area (TPSA) is 49.8 Å². The van der Waals surface area contributed by atoms with Gasteiger partial charge in [0.05, 0.1) is 17.7 Å². The van der Waals surface area contributed by atoms with Gasteiger partial charge in [-0.05, 0) is 101 Å². The third-order valence-corrected chi connectivity index (χ3v) is 9.69. The Morgan fingerprint density at radius 1 is 0.925 bits per heavy atom. The summed E-state index contributed by atoms with van der Waals surface area (Å²) >= 11 is 6.42. The predicted octanol–water partition coefficient (Wildman–Crippen LogP) is 11.4. The molecule has 2 N–H and O–H groups in total. The fourth-order valence-corrected chi connectivity index (χ4v) is 6.94. The monoisotopic (exact) mass is 726 g/mol. The molecular formula is C49H46N2S2. The number of nitrogens with two attached hydrogens (primary N) is 1. The number of hydrogen-bond acceptors (Lipinski definition) is 4. The average molecular weight is 727 g/mol. The number of benzene rings is 3. The molecule has 1 aromatic heterocycles. The Kier molecular flexibility index (Phi) is 15.9. The molecule has 1 heterocycles. The number of allylic oxidation sites excluding steroid dienone is 17. The summed E-state index contributed by atoms with van der Waals surface area (Å²) in [5, 5.41) is 11.0. The molecule has 3 aromatic carbocycles. The molecule has 5 rings (SSSR count). The van der Waals surface area contributed by atoms with Crippen molar-refractivity contribution in [1.29, 1.82) is 5.26 Å². The zero-order valence-corrected chi connectivity index (χ0v) is 32.2. The first-order chi connectivity index (χ1) is 25.8. The summed E-state index contributed by atoms with van der Waals surface area (Å²) in [7, 11) is 0. The fourth-order valence-electron chi connectivity index (χ4n) is 5.62. The van der Waals surface area contributed by atoms with E-state index in [0.717, 1.165) is 44.8 Å². The third kappa shape index (κ3) is 11.7. The van der Waals surface area contributed by atoms with Crippen LogP contribution in [0.25, 0.3) is 22.2 Å². The number of hydrogen-bond donors (Lipinski definition) is 2. The first kappa shape index (κ1) is 40.1. The van der Waals surface area contributed by atoms with Crippen molar-refractivity contribution in [2.24, 2.45) is 5.73 Å².